The first-order chi connectivity index (χ1) is 13.0. The fraction of sp³-hybridized carbons (Fsp3) is 0.0952. The fourth-order valence-corrected chi connectivity index (χ4v) is 3.94. The number of Topliss-reactive ketones (excluding diaryl/α,β-unsaturated/α-hetero) is 1. The van der Waals surface area contributed by atoms with Gasteiger partial charge in [-0.15, -0.1) is 11.8 Å². The van der Waals surface area contributed by atoms with Crippen molar-refractivity contribution in [2.24, 2.45) is 0 Å². The van der Waals surface area contributed by atoms with Crippen LogP contribution in [0.25, 0.3) is 0 Å². The maximum Gasteiger partial charge on any atom is 0.269 e. The molecule has 3 aromatic rings. The Morgan fingerprint density at radius 3 is 2.37 bits per heavy atom. The van der Waals surface area contributed by atoms with Gasteiger partial charge in [-0.2, -0.15) is 0 Å². The minimum atomic E-state index is -0.422. The molecule has 27 heavy (non-hydrogen) atoms. The summed E-state index contributed by atoms with van der Waals surface area (Å²) in [6.45, 7) is 0. The van der Waals surface area contributed by atoms with Crippen molar-refractivity contribution in [2.75, 3.05) is 0 Å². The molecule has 0 radical (unpaired) electrons. The molecule has 0 aliphatic carbocycles. The second-order valence-corrected chi connectivity index (χ2v) is 7.62. The van der Waals surface area contributed by atoms with E-state index < -0.39 is 4.92 Å². The van der Waals surface area contributed by atoms with Crippen molar-refractivity contribution in [1.82, 2.24) is 0 Å². The summed E-state index contributed by atoms with van der Waals surface area (Å²) in [7, 11) is 0. The molecule has 6 heteroatoms. The van der Waals surface area contributed by atoms with Gasteiger partial charge in [0.1, 0.15) is 0 Å². The summed E-state index contributed by atoms with van der Waals surface area (Å²) in [6.07, 6.45) is 0.225. The lowest BCUT2D eigenvalue weighted by molar-refractivity contribution is -0.384. The van der Waals surface area contributed by atoms with Crippen LogP contribution in [0.5, 0.6) is 0 Å². The number of rotatable bonds is 7. The van der Waals surface area contributed by atoms with E-state index in [4.69, 9.17) is 11.6 Å². The van der Waals surface area contributed by atoms with Crippen molar-refractivity contribution in [1.29, 1.82) is 0 Å². The lowest BCUT2D eigenvalue weighted by Gasteiger charge is -2.16. The van der Waals surface area contributed by atoms with E-state index in [1.165, 1.54) is 23.9 Å². The zero-order valence-corrected chi connectivity index (χ0v) is 15.8. The van der Waals surface area contributed by atoms with Crippen molar-refractivity contribution in [2.45, 2.75) is 16.6 Å². The average Bonchev–Trinajstić information content (AvgIpc) is 2.69. The van der Waals surface area contributed by atoms with Gasteiger partial charge in [-0.3, -0.25) is 14.9 Å². The molecule has 0 saturated heterocycles. The number of carbonyl (C=O) groups is 1. The second-order valence-electron chi connectivity index (χ2n) is 5.91. The highest BCUT2D eigenvalue weighted by molar-refractivity contribution is 7.99. The van der Waals surface area contributed by atoms with E-state index in [-0.39, 0.29) is 23.1 Å². The van der Waals surface area contributed by atoms with Crippen LogP contribution in [0.4, 0.5) is 5.69 Å². The lowest BCUT2D eigenvalue weighted by Crippen LogP contribution is -2.06. The van der Waals surface area contributed by atoms with Gasteiger partial charge in [0.2, 0.25) is 0 Å². The molecule has 0 aliphatic heterocycles. The Hall–Kier alpha value is -2.63. The van der Waals surface area contributed by atoms with Crippen LogP contribution in [0.15, 0.2) is 83.8 Å². The Labute approximate surface area is 166 Å². The number of halogens is 1. The standard InChI is InChI=1S/C21H16ClNO3S/c22-17-11-9-15(10-12-17)20(24)14-21(27-19-7-2-1-3-8-19)16-5-4-6-18(13-16)23(25)26/h1-13,21H,14H2. The van der Waals surface area contributed by atoms with Gasteiger partial charge in [0.25, 0.3) is 5.69 Å². The van der Waals surface area contributed by atoms with Crippen LogP contribution in [0.1, 0.15) is 27.6 Å². The first kappa shape index (κ1) is 19.1. The molecular formula is C21H16ClNO3S. The Morgan fingerprint density at radius 1 is 1.00 bits per heavy atom. The van der Waals surface area contributed by atoms with Gasteiger partial charge in [0.15, 0.2) is 5.78 Å². The Balaban J connectivity index is 1.89. The molecule has 1 atom stereocenters. The van der Waals surface area contributed by atoms with E-state index in [9.17, 15) is 14.9 Å². The number of ketones is 1. The topological polar surface area (TPSA) is 60.2 Å². The SMILES string of the molecule is O=C(CC(Sc1ccccc1)c1cccc([N+](=O)[O-])c1)c1ccc(Cl)cc1. The number of hydrogen-bond acceptors (Lipinski definition) is 4. The molecular weight excluding hydrogens is 382 g/mol. The molecule has 1 unspecified atom stereocenters. The number of carbonyl (C=O) groups excluding carboxylic acids is 1. The summed E-state index contributed by atoms with van der Waals surface area (Å²) in [5.74, 6) is -0.0356. The van der Waals surface area contributed by atoms with Crippen molar-refractivity contribution >= 4 is 34.8 Å². The molecule has 0 amide bonds. The van der Waals surface area contributed by atoms with Crippen LogP contribution in [0.2, 0.25) is 5.02 Å². The summed E-state index contributed by atoms with van der Waals surface area (Å²) in [5.41, 5.74) is 1.34. The number of thioether (sulfide) groups is 1. The van der Waals surface area contributed by atoms with E-state index in [1.807, 2.05) is 36.4 Å². The number of benzene rings is 3. The quantitative estimate of drug-likeness (QED) is 0.201. The summed E-state index contributed by atoms with van der Waals surface area (Å²) < 4.78 is 0. The first-order valence-corrected chi connectivity index (χ1v) is 9.53. The van der Waals surface area contributed by atoms with Crippen LogP contribution in [0.3, 0.4) is 0 Å². The second kappa shape index (κ2) is 8.84. The molecule has 0 N–H and O–H groups in total. The number of nitrogens with zero attached hydrogens (tertiary/aromatic N) is 1. The van der Waals surface area contributed by atoms with Gasteiger partial charge in [0.05, 0.1) is 4.92 Å². The average molecular weight is 398 g/mol. The highest BCUT2D eigenvalue weighted by atomic mass is 35.5. The highest BCUT2D eigenvalue weighted by Crippen LogP contribution is 2.39. The van der Waals surface area contributed by atoms with Gasteiger partial charge in [-0.1, -0.05) is 41.9 Å². The number of non-ortho nitro benzene ring substituents is 1. The summed E-state index contributed by atoms with van der Waals surface area (Å²) in [4.78, 5) is 24.5. The molecule has 0 aromatic heterocycles. The van der Waals surface area contributed by atoms with E-state index in [0.717, 1.165) is 10.5 Å². The van der Waals surface area contributed by atoms with Crippen LogP contribution < -0.4 is 0 Å². The van der Waals surface area contributed by atoms with Crippen LogP contribution >= 0.6 is 23.4 Å². The Bertz CT molecular complexity index is 945. The minimum Gasteiger partial charge on any atom is -0.294 e. The molecule has 0 aliphatic rings. The highest BCUT2D eigenvalue weighted by Gasteiger charge is 2.20. The van der Waals surface area contributed by atoms with Gasteiger partial charge in [-0.25, -0.2) is 0 Å². The predicted octanol–water partition coefficient (Wildman–Crippen LogP) is 6.35. The van der Waals surface area contributed by atoms with E-state index in [0.29, 0.717) is 10.6 Å². The largest absolute Gasteiger partial charge is 0.294 e. The van der Waals surface area contributed by atoms with Crippen molar-refractivity contribution < 1.29 is 9.72 Å². The van der Waals surface area contributed by atoms with E-state index >= 15 is 0 Å². The smallest absolute Gasteiger partial charge is 0.269 e. The molecule has 0 spiro atoms. The monoisotopic (exact) mass is 397 g/mol. The molecule has 0 heterocycles. The van der Waals surface area contributed by atoms with Crippen LogP contribution in [-0.4, -0.2) is 10.7 Å². The molecule has 0 saturated carbocycles. The third kappa shape index (κ3) is 5.18. The van der Waals surface area contributed by atoms with Crippen molar-refractivity contribution in [3.05, 3.63) is 105 Å². The van der Waals surface area contributed by atoms with Crippen molar-refractivity contribution in [3.8, 4) is 0 Å². The van der Waals surface area contributed by atoms with E-state index in [2.05, 4.69) is 0 Å². The molecule has 3 rings (SSSR count). The Kier molecular flexibility index (Phi) is 6.27. The van der Waals surface area contributed by atoms with Gasteiger partial charge < -0.3 is 0 Å². The van der Waals surface area contributed by atoms with Crippen LogP contribution in [0, 0.1) is 10.1 Å². The lowest BCUT2D eigenvalue weighted by atomic mass is 10.0. The minimum absolute atomic E-state index is 0.0186. The predicted molar refractivity (Wildman–Crippen MR) is 109 cm³/mol. The third-order valence-corrected chi connectivity index (χ3v) is 5.53. The zero-order chi connectivity index (χ0) is 19.2. The number of hydrogen-bond donors (Lipinski definition) is 0. The Morgan fingerprint density at radius 2 is 1.70 bits per heavy atom. The normalized spacial score (nSPS) is 11.7. The molecule has 0 fully saturated rings. The van der Waals surface area contributed by atoms with Crippen molar-refractivity contribution in [3.63, 3.8) is 0 Å². The molecule has 3 aromatic carbocycles. The van der Waals surface area contributed by atoms with E-state index in [1.54, 1.807) is 30.3 Å². The zero-order valence-electron chi connectivity index (χ0n) is 14.2. The van der Waals surface area contributed by atoms with Gasteiger partial charge in [0, 0.05) is 39.3 Å². The number of nitro groups is 1. The molecule has 0 bridgehead atoms. The summed E-state index contributed by atoms with van der Waals surface area (Å²) >= 11 is 7.41. The first-order valence-electron chi connectivity index (χ1n) is 8.28. The van der Waals surface area contributed by atoms with Crippen LogP contribution in [-0.2, 0) is 0 Å². The summed E-state index contributed by atoms with van der Waals surface area (Å²) in [5, 5.41) is 11.5. The maximum absolute atomic E-state index is 12.8. The molecule has 4 nitrogen and oxygen atoms in total. The van der Waals surface area contributed by atoms with Gasteiger partial charge in [-0.05, 0) is 42.0 Å². The fourth-order valence-electron chi connectivity index (χ4n) is 2.65. The third-order valence-electron chi connectivity index (χ3n) is 4.01. The number of nitro benzene ring substituents is 1. The maximum atomic E-state index is 12.8. The summed E-state index contributed by atoms with van der Waals surface area (Å²) in [6, 6.07) is 22.9. The van der Waals surface area contributed by atoms with Gasteiger partial charge >= 0.3 is 0 Å². The molecule has 136 valence electrons.